The van der Waals surface area contributed by atoms with Crippen LogP contribution in [0.2, 0.25) is 0 Å². The lowest BCUT2D eigenvalue weighted by molar-refractivity contribution is -0.385. The molecule has 0 aliphatic rings. The molecule has 0 saturated carbocycles. The molecule has 28 heavy (non-hydrogen) atoms. The maximum absolute atomic E-state index is 13.8. The van der Waals surface area contributed by atoms with Crippen LogP contribution in [0.1, 0.15) is 12.5 Å². The van der Waals surface area contributed by atoms with Crippen molar-refractivity contribution in [2.75, 3.05) is 5.32 Å². The molecule has 0 unspecified atom stereocenters. The summed E-state index contributed by atoms with van der Waals surface area (Å²) in [5, 5.41) is 22.2. The van der Waals surface area contributed by atoms with Crippen molar-refractivity contribution >= 4 is 23.3 Å². The second kappa shape index (κ2) is 8.86. The van der Waals surface area contributed by atoms with Gasteiger partial charge in [-0.15, -0.1) is 0 Å². The number of nitrogens with one attached hydrogen (secondary N) is 2. The summed E-state index contributed by atoms with van der Waals surface area (Å²) in [6, 6.07) is 5.78. The molecule has 0 fully saturated rings. The third-order valence-corrected chi connectivity index (χ3v) is 3.92. The van der Waals surface area contributed by atoms with E-state index in [1.54, 1.807) is 0 Å². The number of nitro groups is 1. The third-order valence-electron chi connectivity index (χ3n) is 3.92. The van der Waals surface area contributed by atoms with Crippen molar-refractivity contribution in [3.63, 3.8) is 0 Å². The van der Waals surface area contributed by atoms with E-state index in [1.165, 1.54) is 36.7 Å². The molecular weight excluding hydrogens is 378 g/mol. The van der Waals surface area contributed by atoms with Gasteiger partial charge in [0.2, 0.25) is 0 Å². The van der Waals surface area contributed by atoms with Crippen LogP contribution in [0.3, 0.4) is 0 Å². The van der Waals surface area contributed by atoms with Crippen molar-refractivity contribution in [1.29, 1.82) is 0 Å². The normalized spacial score (nSPS) is 11.4. The van der Waals surface area contributed by atoms with Crippen LogP contribution in [0.15, 0.2) is 42.5 Å². The molecule has 0 heterocycles. The van der Waals surface area contributed by atoms with Gasteiger partial charge in [-0.2, -0.15) is 0 Å². The van der Waals surface area contributed by atoms with E-state index in [4.69, 9.17) is 5.21 Å². The molecule has 2 aromatic rings. The number of carbonyl (C=O) groups is 2. The molecular formula is C17H16F2N4O5. The van der Waals surface area contributed by atoms with Crippen molar-refractivity contribution in [1.82, 2.24) is 10.4 Å². The van der Waals surface area contributed by atoms with E-state index in [2.05, 4.69) is 5.32 Å². The molecule has 0 aliphatic carbocycles. The van der Waals surface area contributed by atoms with Gasteiger partial charge in [0, 0.05) is 17.7 Å². The van der Waals surface area contributed by atoms with Crippen LogP contribution in [0.4, 0.5) is 25.0 Å². The number of nitro benzene ring substituents is 1. The molecule has 1 atom stereocenters. The van der Waals surface area contributed by atoms with Gasteiger partial charge in [0.05, 0.1) is 17.2 Å². The lowest BCUT2D eigenvalue weighted by Crippen LogP contribution is -2.48. The summed E-state index contributed by atoms with van der Waals surface area (Å²) in [4.78, 5) is 35.8. The Morgan fingerprint density at radius 1 is 1.25 bits per heavy atom. The van der Waals surface area contributed by atoms with Crippen LogP contribution in [-0.2, 0) is 11.3 Å². The van der Waals surface area contributed by atoms with E-state index in [1.807, 2.05) is 0 Å². The molecule has 9 nitrogen and oxygen atoms in total. The molecule has 0 spiro atoms. The number of carbonyl (C=O) groups excluding carboxylic acids is 2. The first-order valence-corrected chi connectivity index (χ1v) is 7.93. The van der Waals surface area contributed by atoms with Crippen molar-refractivity contribution in [2.24, 2.45) is 0 Å². The fraction of sp³-hybridized carbons (Fsp3) is 0.176. The summed E-state index contributed by atoms with van der Waals surface area (Å²) in [6.45, 7) is 0.876. The second-order valence-corrected chi connectivity index (χ2v) is 5.72. The standard InChI is InChI=1S/C17H16F2N4O5/c1-10(16(24)21-26)22(9-11-4-2-3-5-15(11)23(27)28)17(25)20-14-7-6-12(18)8-13(14)19/h2-8,10,26H,9H2,1H3,(H,20,25)(H,21,24)/t10-/m0/s1. The number of para-hydroxylation sites is 1. The lowest BCUT2D eigenvalue weighted by atomic mass is 10.1. The Labute approximate surface area is 157 Å². The molecule has 0 saturated heterocycles. The number of rotatable bonds is 6. The Bertz CT molecular complexity index is 909. The minimum absolute atomic E-state index is 0.111. The molecule has 0 bridgehead atoms. The maximum atomic E-state index is 13.8. The molecule has 0 radical (unpaired) electrons. The molecule has 3 amide bonds. The number of anilines is 1. The van der Waals surface area contributed by atoms with Gasteiger partial charge >= 0.3 is 6.03 Å². The number of nitrogens with zero attached hydrogens (tertiary/aromatic N) is 2. The van der Waals surface area contributed by atoms with E-state index >= 15 is 0 Å². The quantitative estimate of drug-likeness (QED) is 0.395. The topological polar surface area (TPSA) is 125 Å². The average molecular weight is 394 g/mol. The van der Waals surface area contributed by atoms with Gasteiger partial charge in [0.15, 0.2) is 0 Å². The Hall–Kier alpha value is -3.60. The SMILES string of the molecule is C[C@@H](C(=O)NO)N(Cc1ccccc1[N+](=O)[O-])C(=O)Nc1ccc(F)cc1F. The summed E-state index contributed by atoms with van der Waals surface area (Å²) < 4.78 is 26.8. The number of hydrogen-bond acceptors (Lipinski definition) is 5. The number of hydroxylamine groups is 1. The van der Waals surface area contributed by atoms with Crippen molar-refractivity contribution in [3.05, 3.63) is 69.8 Å². The van der Waals surface area contributed by atoms with Gasteiger partial charge in [-0.05, 0) is 19.1 Å². The zero-order valence-electron chi connectivity index (χ0n) is 14.6. The minimum Gasteiger partial charge on any atom is -0.308 e. The van der Waals surface area contributed by atoms with Crippen LogP contribution < -0.4 is 10.8 Å². The zero-order chi connectivity index (χ0) is 20.8. The summed E-state index contributed by atoms with van der Waals surface area (Å²) in [5.41, 5.74) is 0.860. The summed E-state index contributed by atoms with van der Waals surface area (Å²) in [5.74, 6) is -2.85. The van der Waals surface area contributed by atoms with E-state index < -0.39 is 34.5 Å². The first-order valence-electron chi connectivity index (χ1n) is 7.93. The average Bonchev–Trinajstić information content (AvgIpc) is 2.67. The monoisotopic (exact) mass is 394 g/mol. The van der Waals surface area contributed by atoms with E-state index in [-0.39, 0.29) is 23.5 Å². The highest BCUT2D eigenvalue weighted by Gasteiger charge is 2.28. The Balaban J connectivity index is 2.35. The zero-order valence-corrected chi connectivity index (χ0v) is 14.6. The van der Waals surface area contributed by atoms with Gasteiger partial charge in [0.25, 0.3) is 11.6 Å². The van der Waals surface area contributed by atoms with Crippen molar-refractivity contribution in [2.45, 2.75) is 19.5 Å². The van der Waals surface area contributed by atoms with E-state index in [9.17, 15) is 28.5 Å². The molecule has 2 rings (SSSR count). The molecule has 3 N–H and O–H groups in total. The van der Waals surface area contributed by atoms with E-state index in [0.29, 0.717) is 6.07 Å². The number of benzene rings is 2. The number of urea groups is 1. The second-order valence-electron chi connectivity index (χ2n) is 5.72. The first kappa shape index (κ1) is 20.7. The van der Waals surface area contributed by atoms with Crippen LogP contribution in [0, 0.1) is 21.7 Å². The van der Waals surface area contributed by atoms with Gasteiger partial charge < -0.3 is 10.2 Å². The summed E-state index contributed by atoms with van der Waals surface area (Å²) >= 11 is 0. The number of hydrogen-bond donors (Lipinski definition) is 3. The highest BCUT2D eigenvalue weighted by molar-refractivity contribution is 5.93. The van der Waals surface area contributed by atoms with Gasteiger partial charge in [0.1, 0.15) is 17.7 Å². The third kappa shape index (κ3) is 4.76. The van der Waals surface area contributed by atoms with Gasteiger partial charge in [-0.1, -0.05) is 18.2 Å². The Morgan fingerprint density at radius 3 is 2.54 bits per heavy atom. The van der Waals surface area contributed by atoms with Gasteiger partial charge in [-0.25, -0.2) is 19.1 Å². The molecule has 0 aliphatic heterocycles. The minimum atomic E-state index is -1.27. The van der Waals surface area contributed by atoms with Crippen LogP contribution in [0.5, 0.6) is 0 Å². The van der Waals surface area contributed by atoms with Crippen LogP contribution >= 0.6 is 0 Å². The molecule has 148 valence electrons. The summed E-state index contributed by atoms with van der Waals surface area (Å²) in [7, 11) is 0. The fourth-order valence-corrected chi connectivity index (χ4v) is 2.40. The lowest BCUT2D eigenvalue weighted by Gasteiger charge is -2.28. The molecule has 11 heteroatoms. The number of amides is 3. The Kier molecular flexibility index (Phi) is 6.55. The number of halogens is 2. The van der Waals surface area contributed by atoms with Crippen molar-refractivity contribution < 1.29 is 28.5 Å². The first-order chi connectivity index (χ1) is 13.2. The largest absolute Gasteiger partial charge is 0.322 e. The fourth-order valence-electron chi connectivity index (χ4n) is 2.40. The van der Waals surface area contributed by atoms with Gasteiger partial charge in [-0.3, -0.25) is 20.1 Å². The van der Waals surface area contributed by atoms with Crippen LogP contribution in [-0.4, -0.2) is 33.0 Å². The predicted octanol–water partition coefficient (Wildman–Crippen LogP) is 2.80. The predicted molar refractivity (Wildman–Crippen MR) is 93.4 cm³/mol. The molecule has 0 aromatic heterocycles. The smallest absolute Gasteiger partial charge is 0.308 e. The highest BCUT2D eigenvalue weighted by Crippen LogP contribution is 2.22. The molecule has 2 aromatic carbocycles. The highest BCUT2D eigenvalue weighted by atomic mass is 19.1. The maximum Gasteiger partial charge on any atom is 0.322 e. The van der Waals surface area contributed by atoms with Crippen molar-refractivity contribution in [3.8, 4) is 0 Å². The van der Waals surface area contributed by atoms with E-state index in [0.717, 1.165) is 17.0 Å². The Morgan fingerprint density at radius 2 is 1.93 bits per heavy atom. The summed E-state index contributed by atoms with van der Waals surface area (Å²) in [6.07, 6.45) is 0. The van der Waals surface area contributed by atoms with Crippen LogP contribution in [0.25, 0.3) is 0 Å².